The zero-order valence-electron chi connectivity index (χ0n) is 21.9. The average Bonchev–Trinajstić information content (AvgIpc) is 3.53. The molecule has 204 valence electrons. The third-order valence-corrected chi connectivity index (χ3v) is 7.75. The Morgan fingerprint density at radius 2 is 1.37 bits per heavy atom. The van der Waals surface area contributed by atoms with Gasteiger partial charge in [0.1, 0.15) is 11.5 Å². The van der Waals surface area contributed by atoms with Crippen molar-refractivity contribution in [1.82, 2.24) is 10.3 Å². The van der Waals surface area contributed by atoms with Crippen LogP contribution in [-0.2, 0) is 6.54 Å². The SMILES string of the molecule is O=C(Nc1nccs1)c1ccc(CNC2=C(Cl)C(Oc3ccccc3)c3ccccc3C2Oc2ccccc2)cc1. The van der Waals surface area contributed by atoms with Gasteiger partial charge in [0.2, 0.25) is 0 Å². The van der Waals surface area contributed by atoms with Gasteiger partial charge in [-0.1, -0.05) is 84.4 Å². The van der Waals surface area contributed by atoms with E-state index < -0.39 is 12.2 Å². The number of anilines is 1. The van der Waals surface area contributed by atoms with Crippen molar-refractivity contribution in [1.29, 1.82) is 0 Å². The molecule has 0 saturated carbocycles. The van der Waals surface area contributed by atoms with Crippen molar-refractivity contribution in [2.45, 2.75) is 18.8 Å². The van der Waals surface area contributed by atoms with Gasteiger partial charge in [0, 0.05) is 34.8 Å². The predicted molar refractivity (Wildman–Crippen MR) is 162 cm³/mol. The molecule has 2 unspecified atom stereocenters. The monoisotopic (exact) mass is 579 g/mol. The van der Waals surface area contributed by atoms with Crippen LogP contribution in [0.3, 0.4) is 0 Å². The first kappa shape index (κ1) is 26.6. The summed E-state index contributed by atoms with van der Waals surface area (Å²) < 4.78 is 13.0. The smallest absolute Gasteiger partial charge is 0.257 e. The van der Waals surface area contributed by atoms with Gasteiger partial charge in [0.25, 0.3) is 5.91 Å². The topological polar surface area (TPSA) is 72.5 Å². The number of para-hydroxylation sites is 2. The third-order valence-electron chi connectivity index (χ3n) is 6.66. The van der Waals surface area contributed by atoms with E-state index in [9.17, 15) is 4.79 Å². The molecular weight excluding hydrogens is 554 g/mol. The van der Waals surface area contributed by atoms with Gasteiger partial charge >= 0.3 is 0 Å². The summed E-state index contributed by atoms with van der Waals surface area (Å²) in [7, 11) is 0. The summed E-state index contributed by atoms with van der Waals surface area (Å²) in [4.78, 5) is 16.7. The molecule has 5 aromatic rings. The molecule has 41 heavy (non-hydrogen) atoms. The maximum absolute atomic E-state index is 12.6. The Morgan fingerprint density at radius 1 is 0.780 bits per heavy atom. The lowest BCUT2D eigenvalue weighted by Crippen LogP contribution is -2.31. The standard InChI is InChI=1S/C33H26ClN3O3S/c34-28-29(36-21-22-15-17-23(18-16-22)32(38)37-33-35-19-20-41-33)31(40-25-11-5-2-6-12-25)27-14-8-7-13-26(27)30(28)39-24-9-3-1-4-10-24/h1-20,30-31,36H,21H2,(H,35,37,38). The molecule has 0 bridgehead atoms. The van der Waals surface area contributed by atoms with Crippen LogP contribution in [0, 0.1) is 0 Å². The van der Waals surface area contributed by atoms with Gasteiger partial charge in [-0.25, -0.2) is 4.98 Å². The molecule has 0 radical (unpaired) electrons. The lowest BCUT2D eigenvalue weighted by Gasteiger charge is -2.34. The third kappa shape index (κ3) is 6.11. The highest BCUT2D eigenvalue weighted by molar-refractivity contribution is 7.13. The quantitative estimate of drug-likeness (QED) is 0.186. The molecule has 6 nitrogen and oxygen atoms in total. The Kier molecular flexibility index (Phi) is 7.98. The molecule has 0 saturated heterocycles. The molecule has 2 atom stereocenters. The maximum Gasteiger partial charge on any atom is 0.257 e. The van der Waals surface area contributed by atoms with Gasteiger partial charge in [-0.3, -0.25) is 10.1 Å². The van der Waals surface area contributed by atoms with E-state index in [1.807, 2.05) is 102 Å². The molecule has 1 aliphatic rings. The number of hydrogen-bond donors (Lipinski definition) is 2. The molecule has 1 heterocycles. The van der Waals surface area contributed by atoms with E-state index in [2.05, 4.69) is 15.6 Å². The largest absolute Gasteiger partial charge is 0.480 e. The van der Waals surface area contributed by atoms with Crippen molar-refractivity contribution in [3.05, 3.63) is 154 Å². The number of rotatable bonds is 9. The fourth-order valence-electron chi connectivity index (χ4n) is 4.66. The van der Waals surface area contributed by atoms with E-state index in [-0.39, 0.29) is 5.91 Å². The van der Waals surface area contributed by atoms with Gasteiger partial charge in [-0.2, -0.15) is 0 Å². The summed E-state index contributed by atoms with van der Waals surface area (Å²) in [6.07, 6.45) is 0.674. The van der Waals surface area contributed by atoms with Crippen LogP contribution in [0.2, 0.25) is 0 Å². The number of carbonyl (C=O) groups is 1. The summed E-state index contributed by atoms with van der Waals surface area (Å²) in [5, 5.41) is 9.25. The van der Waals surface area contributed by atoms with E-state index in [1.165, 1.54) is 11.3 Å². The second-order valence-electron chi connectivity index (χ2n) is 9.35. The molecule has 0 fully saturated rings. The molecule has 2 N–H and O–H groups in total. The van der Waals surface area contributed by atoms with Crippen LogP contribution in [0.25, 0.3) is 0 Å². The van der Waals surface area contributed by atoms with Crippen LogP contribution in [0.4, 0.5) is 5.13 Å². The summed E-state index contributed by atoms with van der Waals surface area (Å²) in [5.41, 5.74) is 4.17. The fourth-order valence-corrected chi connectivity index (χ4v) is 5.51. The van der Waals surface area contributed by atoms with Crippen LogP contribution in [0.1, 0.15) is 39.3 Å². The van der Waals surface area contributed by atoms with E-state index in [0.717, 1.165) is 33.9 Å². The molecule has 1 aliphatic carbocycles. The van der Waals surface area contributed by atoms with E-state index in [4.69, 9.17) is 21.1 Å². The Morgan fingerprint density at radius 3 is 1.98 bits per heavy atom. The molecule has 4 aromatic carbocycles. The average molecular weight is 580 g/mol. The minimum atomic E-state index is -0.509. The van der Waals surface area contributed by atoms with E-state index in [1.54, 1.807) is 18.3 Å². The Balaban J connectivity index is 1.28. The van der Waals surface area contributed by atoms with Gasteiger partial charge in [-0.15, -0.1) is 11.3 Å². The van der Waals surface area contributed by atoms with Crippen molar-refractivity contribution < 1.29 is 14.3 Å². The van der Waals surface area contributed by atoms with Gasteiger partial charge in [-0.05, 0) is 42.0 Å². The number of amides is 1. The molecular formula is C33H26ClN3O3S. The molecule has 1 aromatic heterocycles. The van der Waals surface area contributed by atoms with Gasteiger partial charge in [0.05, 0.1) is 10.7 Å². The number of aromatic nitrogens is 1. The number of nitrogens with zero attached hydrogens (tertiary/aromatic N) is 1. The van der Waals surface area contributed by atoms with E-state index in [0.29, 0.717) is 22.3 Å². The number of hydrogen-bond acceptors (Lipinski definition) is 6. The lowest BCUT2D eigenvalue weighted by molar-refractivity contribution is 0.102. The van der Waals surface area contributed by atoms with Gasteiger partial charge in [0.15, 0.2) is 17.3 Å². The normalized spacial score (nSPS) is 16.0. The maximum atomic E-state index is 12.6. The van der Waals surface area contributed by atoms with Crippen molar-refractivity contribution in [2.24, 2.45) is 0 Å². The van der Waals surface area contributed by atoms with Crippen molar-refractivity contribution in [3.8, 4) is 11.5 Å². The molecule has 0 aliphatic heterocycles. The molecule has 6 rings (SSSR count). The first-order chi connectivity index (χ1) is 20.2. The number of benzene rings is 4. The molecule has 0 spiro atoms. The highest BCUT2D eigenvalue weighted by Crippen LogP contribution is 2.45. The van der Waals surface area contributed by atoms with Crippen LogP contribution in [0.5, 0.6) is 11.5 Å². The number of carbonyl (C=O) groups excluding carboxylic acids is 1. The van der Waals surface area contributed by atoms with Gasteiger partial charge < -0.3 is 14.8 Å². The number of halogens is 1. The van der Waals surface area contributed by atoms with Crippen LogP contribution >= 0.6 is 22.9 Å². The zero-order valence-corrected chi connectivity index (χ0v) is 23.4. The zero-order chi connectivity index (χ0) is 28.0. The number of fused-ring (bicyclic) bond motifs is 1. The Bertz CT molecular complexity index is 1640. The first-order valence-electron chi connectivity index (χ1n) is 13.1. The highest BCUT2D eigenvalue weighted by atomic mass is 35.5. The minimum absolute atomic E-state index is 0.202. The summed E-state index contributed by atoms with van der Waals surface area (Å²) in [6.45, 7) is 0.467. The lowest BCUT2D eigenvalue weighted by atomic mass is 9.89. The summed E-state index contributed by atoms with van der Waals surface area (Å²) >= 11 is 8.52. The number of nitrogens with one attached hydrogen (secondary N) is 2. The molecule has 8 heteroatoms. The molecule has 1 amide bonds. The van der Waals surface area contributed by atoms with Crippen LogP contribution in [-0.4, -0.2) is 10.9 Å². The predicted octanol–water partition coefficient (Wildman–Crippen LogP) is 7.89. The second kappa shape index (κ2) is 12.3. The number of thiazole rings is 1. The Hall–Kier alpha value is -4.59. The second-order valence-corrected chi connectivity index (χ2v) is 10.7. The summed E-state index contributed by atoms with van der Waals surface area (Å²) in [5.74, 6) is 1.25. The van der Waals surface area contributed by atoms with Crippen molar-refractivity contribution >= 4 is 34.0 Å². The van der Waals surface area contributed by atoms with E-state index >= 15 is 0 Å². The Labute approximate surface area is 247 Å². The first-order valence-corrected chi connectivity index (χ1v) is 14.4. The van der Waals surface area contributed by atoms with Crippen LogP contribution < -0.4 is 20.1 Å². The summed E-state index contributed by atoms with van der Waals surface area (Å²) in [6, 6.07) is 34.8. The van der Waals surface area contributed by atoms with Crippen molar-refractivity contribution in [3.63, 3.8) is 0 Å². The highest BCUT2D eigenvalue weighted by Gasteiger charge is 2.36. The minimum Gasteiger partial charge on any atom is -0.480 e. The fraction of sp³-hybridized carbons (Fsp3) is 0.0909. The van der Waals surface area contributed by atoms with Crippen LogP contribution in [0.15, 0.2) is 132 Å². The van der Waals surface area contributed by atoms with Crippen molar-refractivity contribution in [2.75, 3.05) is 5.32 Å². The number of ether oxygens (including phenoxy) is 2.